The van der Waals surface area contributed by atoms with Crippen LogP contribution in [0.5, 0.6) is 0 Å². The Hall–Kier alpha value is -2.33. The van der Waals surface area contributed by atoms with Gasteiger partial charge in [-0.3, -0.25) is 4.79 Å². The zero-order chi connectivity index (χ0) is 15.9. The molecule has 0 aliphatic heterocycles. The van der Waals surface area contributed by atoms with Crippen LogP contribution >= 0.6 is 0 Å². The van der Waals surface area contributed by atoms with Gasteiger partial charge in [-0.25, -0.2) is 0 Å². The molecule has 1 amide bonds. The topological polar surface area (TPSA) is 58.4 Å². The number of carbonyl (C=O) groups is 1. The molecule has 0 saturated heterocycles. The van der Waals surface area contributed by atoms with Crippen molar-refractivity contribution in [3.8, 4) is 0 Å². The molecule has 0 aromatic heterocycles. The quantitative estimate of drug-likeness (QED) is 0.856. The number of rotatable bonds is 6. The summed E-state index contributed by atoms with van der Waals surface area (Å²) in [5.74, 6) is -0.125. The van der Waals surface area contributed by atoms with Gasteiger partial charge in [-0.1, -0.05) is 42.5 Å². The molecule has 0 aliphatic rings. The minimum Gasteiger partial charge on any atom is -0.378 e. The Morgan fingerprint density at radius 3 is 2.27 bits per heavy atom. The first-order valence-electron chi connectivity index (χ1n) is 7.40. The van der Waals surface area contributed by atoms with Gasteiger partial charge in [0.25, 0.3) is 0 Å². The van der Waals surface area contributed by atoms with Gasteiger partial charge in [0.05, 0.1) is 6.04 Å². The van der Waals surface area contributed by atoms with Crippen molar-refractivity contribution < 1.29 is 4.79 Å². The molecule has 0 unspecified atom stereocenters. The van der Waals surface area contributed by atoms with E-state index in [1.165, 1.54) is 0 Å². The third-order valence-corrected chi connectivity index (χ3v) is 3.55. The molecule has 2 rings (SSSR count). The molecule has 0 fully saturated rings. The first kappa shape index (κ1) is 16.0. The number of carbonyl (C=O) groups excluding carboxylic acids is 1. The Morgan fingerprint density at radius 1 is 1.05 bits per heavy atom. The van der Waals surface area contributed by atoms with Crippen molar-refractivity contribution in [3.63, 3.8) is 0 Å². The standard InChI is InChI=1S/C18H23N3O/c1-21(2)16-10-8-15(9-11-16)13-20-18(22)17(19)12-14-6-4-3-5-7-14/h3-11,17H,12-13,19H2,1-2H3,(H,20,22)/t17-/m1/s1. The highest BCUT2D eigenvalue weighted by molar-refractivity contribution is 5.81. The maximum atomic E-state index is 12.1. The van der Waals surface area contributed by atoms with Crippen molar-refractivity contribution in [2.45, 2.75) is 19.0 Å². The van der Waals surface area contributed by atoms with Crippen LogP contribution in [-0.4, -0.2) is 26.0 Å². The van der Waals surface area contributed by atoms with Gasteiger partial charge in [-0.2, -0.15) is 0 Å². The Kier molecular flexibility index (Phi) is 5.55. The first-order chi connectivity index (χ1) is 10.6. The fourth-order valence-electron chi connectivity index (χ4n) is 2.19. The summed E-state index contributed by atoms with van der Waals surface area (Å²) >= 11 is 0. The Morgan fingerprint density at radius 2 is 1.68 bits per heavy atom. The van der Waals surface area contributed by atoms with Gasteiger partial charge in [0.15, 0.2) is 0 Å². The highest BCUT2D eigenvalue weighted by atomic mass is 16.2. The van der Waals surface area contributed by atoms with Crippen LogP contribution in [0.4, 0.5) is 5.69 Å². The maximum Gasteiger partial charge on any atom is 0.237 e. The molecule has 0 radical (unpaired) electrons. The largest absolute Gasteiger partial charge is 0.378 e. The molecule has 1 atom stereocenters. The second-order valence-corrected chi connectivity index (χ2v) is 5.57. The van der Waals surface area contributed by atoms with Crippen LogP contribution < -0.4 is 16.0 Å². The predicted molar refractivity (Wildman–Crippen MR) is 90.7 cm³/mol. The van der Waals surface area contributed by atoms with E-state index in [2.05, 4.69) is 5.32 Å². The van der Waals surface area contributed by atoms with Gasteiger partial charge in [-0.05, 0) is 29.7 Å². The molecule has 0 aliphatic carbocycles. The van der Waals surface area contributed by atoms with E-state index in [1.54, 1.807) is 0 Å². The maximum absolute atomic E-state index is 12.1. The molecular weight excluding hydrogens is 274 g/mol. The number of nitrogens with two attached hydrogens (primary N) is 1. The van der Waals surface area contributed by atoms with Crippen LogP contribution in [0.2, 0.25) is 0 Å². The van der Waals surface area contributed by atoms with Gasteiger partial charge in [0, 0.05) is 26.3 Å². The lowest BCUT2D eigenvalue weighted by molar-refractivity contribution is -0.122. The Labute approximate surface area is 131 Å². The molecule has 0 saturated carbocycles. The molecule has 22 heavy (non-hydrogen) atoms. The minimum atomic E-state index is -0.525. The zero-order valence-corrected chi connectivity index (χ0v) is 13.1. The van der Waals surface area contributed by atoms with E-state index in [0.717, 1.165) is 16.8 Å². The van der Waals surface area contributed by atoms with Crippen LogP contribution in [0.1, 0.15) is 11.1 Å². The highest BCUT2D eigenvalue weighted by Gasteiger charge is 2.13. The van der Waals surface area contributed by atoms with Gasteiger partial charge in [0.1, 0.15) is 0 Å². The molecule has 0 bridgehead atoms. The monoisotopic (exact) mass is 297 g/mol. The average Bonchev–Trinajstić information content (AvgIpc) is 2.53. The van der Waals surface area contributed by atoms with E-state index in [-0.39, 0.29) is 5.91 Å². The fourth-order valence-corrected chi connectivity index (χ4v) is 2.19. The van der Waals surface area contributed by atoms with E-state index >= 15 is 0 Å². The second-order valence-electron chi connectivity index (χ2n) is 5.57. The summed E-state index contributed by atoms with van der Waals surface area (Å²) in [4.78, 5) is 14.1. The Bertz CT molecular complexity index is 593. The molecule has 0 spiro atoms. The third-order valence-electron chi connectivity index (χ3n) is 3.55. The molecule has 2 aromatic rings. The van der Waals surface area contributed by atoms with Crippen LogP contribution in [-0.2, 0) is 17.8 Å². The number of hydrogen-bond acceptors (Lipinski definition) is 3. The SMILES string of the molecule is CN(C)c1ccc(CNC(=O)[C@H](N)Cc2ccccc2)cc1. The predicted octanol–water partition coefficient (Wildman–Crippen LogP) is 1.94. The third kappa shape index (κ3) is 4.60. The molecule has 0 heterocycles. The molecule has 116 valence electrons. The number of nitrogens with zero attached hydrogens (tertiary/aromatic N) is 1. The van der Waals surface area contributed by atoms with Crippen molar-refractivity contribution in [1.82, 2.24) is 5.32 Å². The lowest BCUT2D eigenvalue weighted by Crippen LogP contribution is -2.41. The van der Waals surface area contributed by atoms with E-state index in [4.69, 9.17) is 5.73 Å². The summed E-state index contributed by atoms with van der Waals surface area (Å²) in [7, 11) is 4.00. The van der Waals surface area contributed by atoms with Gasteiger partial charge in [0.2, 0.25) is 5.91 Å². The summed E-state index contributed by atoms with van der Waals surface area (Å²) in [6, 6.07) is 17.4. The van der Waals surface area contributed by atoms with E-state index < -0.39 is 6.04 Å². The van der Waals surface area contributed by atoms with E-state index in [1.807, 2.05) is 73.6 Å². The fraction of sp³-hybridized carbons (Fsp3) is 0.278. The van der Waals surface area contributed by atoms with E-state index in [9.17, 15) is 4.79 Å². The number of hydrogen-bond donors (Lipinski definition) is 2. The summed E-state index contributed by atoms with van der Waals surface area (Å²) in [5.41, 5.74) is 9.22. The summed E-state index contributed by atoms with van der Waals surface area (Å²) < 4.78 is 0. The van der Waals surface area contributed by atoms with Crippen LogP contribution in [0.3, 0.4) is 0 Å². The minimum absolute atomic E-state index is 0.125. The average molecular weight is 297 g/mol. The lowest BCUT2D eigenvalue weighted by Gasteiger charge is -2.14. The molecular formula is C18H23N3O. The van der Waals surface area contributed by atoms with Crippen molar-refractivity contribution in [2.24, 2.45) is 5.73 Å². The summed E-state index contributed by atoms with van der Waals surface area (Å²) in [6.45, 7) is 0.495. The molecule has 4 nitrogen and oxygen atoms in total. The van der Waals surface area contributed by atoms with Crippen LogP contribution in [0, 0.1) is 0 Å². The van der Waals surface area contributed by atoms with Crippen LogP contribution in [0.15, 0.2) is 54.6 Å². The van der Waals surface area contributed by atoms with Gasteiger partial charge >= 0.3 is 0 Å². The number of amides is 1. The normalized spacial score (nSPS) is 11.8. The second kappa shape index (κ2) is 7.61. The van der Waals surface area contributed by atoms with Crippen molar-refractivity contribution in [2.75, 3.05) is 19.0 Å². The summed E-state index contributed by atoms with van der Waals surface area (Å²) in [5, 5.41) is 2.89. The van der Waals surface area contributed by atoms with Crippen molar-refractivity contribution in [3.05, 3.63) is 65.7 Å². The molecule has 4 heteroatoms. The molecule has 2 aromatic carbocycles. The smallest absolute Gasteiger partial charge is 0.237 e. The number of anilines is 1. The zero-order valence-electron chi connectivity index (χ0n) is 13.1. The summed E-state index contributed by atoms with van der Waals surface area (Å²) in [6.07, 6.45) is 0.548. The Balaban J connectivity index is 1.84. The van der Waals surface area contributed by atoms with Crippen molar-refractivity contribution >= 4 is 11.6 Å². The van der Waals surface area contributed by atoms with E-state index in [0.29, 0.717) is 13.0 Å². The van der Waals surface area contributed by atoms with Gasteiger partial charge in [-0.15, -0.1) is 0 Å². The molecule has 3 N–H and O–H groups in total. The first-order valence-corrected chi connectivity index (χ1v) is 7.40. The highest BCUT2D eigenvalue weighted by Crippen LogP contribution is 2.12. The van der Waals surface area contributed by atoms with Crippen LogP contribution in [0.25, 0.3) is 0 Å². The van der Waals surface area contributed by atoms with Crippen molar-refractivity contribution in [1.29, 1.82) is 0 Å². The lowest BCUT2D eigenvalue weighted by atomic mass is 10.1. The number of benzene rings is 2. The number of nitrogens with one attached hydrogen (secondary N) is 1. The van der Waals surface area contributed by atoms with Gasteiger partial charge < -0.3 is 16.0 Å².